The third-order valence-corrected chi connectivity index (χ3v) is 6.00. The zero-order chi connectivity index (χ0) is 18.5. The fourth-order valence-electron chi connectivity index (χ4n) is 4.36. The molecule has 2 heterocycles. The van der Waals surface area contributed by atoms with Crippen molar-refractivity contribution in [2.24, 2.45) is 0 Å². The molecule has 1 N–H and O–H groups in total. The predicted octanol–water partition coefficient (Wildman–Crippen LogP) is 5.80. The smallest absolute Gasteiger partial charge is 0.119 e. The molecule has 28 heavy (non-hydrogen) atoms. The highest BCUT2D eigenvalue weighted by Crippen LogP contribution is 2.28. The molecule has 3 aromatic rings. The fourth-order valence-corrected chi connectivity index (χ4v) is 4.36. The summed E-state index contributed by atoms with van der Waals surface area (Å²) >= 11 is 0. The number of aromatic amines is 1. The van der Waals surface area contributed by atoms with Crippen LogP contribution in [0.3, 0.4) is 0 Å². The summed E-state index contributed by atoms with van der Waals surface area (Å²) in [4.78, 5) is 6.03. The maximum absolute atomic E-state index is 5.37. The molecular weight excluding hydrogens is 368 g/mol. The molecule has 0 saturated carbocycles. The molecule has 1 aromatic heterocycles. The summed E-state index contributed by atoms with van der Waals surface area (Å²) in [6, 6.07) is 17.3. The minimum absolute atomic E-state index is 0. The van der Waals surface area contributed by atoms with Crippen LogP contribution in [0.5, 0.6) is 5.75 Å². The van der Waals surface area contributed by atoms with Gasteiger partial charge in [0.25, 0.3) is 0 Å². The first kappa shape index (κ1) is 20.8. The van der Waals surface area contributed by atoms with E-state index in [1.54, 1.807) is 7.11 Å². The predicted molar refractivity (Wildman–Crippen MR) is 120 cm³/mol. The molecule has 2 aromatic carbocycles. The largest absolute Gasteiger partial charge is 0.497 e. The third kappa shape index (κ3) is 4.89. The van der Waals surface area contributed by atoms with E-state index < -0.39 is 0 Å². The standard InChI is InChI=1S/C24H30N2O.ClH/c1-27-22-10-11-24-23(17-22)21(18-25-24)9-5-6-14-26-15-12-20(13-16-26)19-7-3-2-4-8-19;/h2-4,7-8,10-11,17-18,20,25H,5-6,9,12-16H2,1H3;1H. The minimum Gasteiger partial charge on any atom is -0.497 e. The van der Waals surface area contributed by atoms with Gasteiger partial charge in [-0.15, -0.1) is 12.4 Å². The van der Waals surface area contributed by atoms with Crippen molar-refractivity contribution < 1.29 is 4.74 Å². The highest BCUT2D eigenvalue weighted by molar-refractivity contribution is 5.85. The lowest BCUT2D eigenvalue weighted by Gasteiger charge is -2.32. The molecule has 0 unspecified atom stereocenters. The molecule has 0 atom stereocenters. The maximum Gasteiger partial charge on any atom is 0.119 e. The van der Waals surface area contributed by atoms with Gasteiger partial charge in [0.05, 0.1) is 7.11 Å². The summed E-state index contributed by atoms with van der Waals surface area (Å²) in [5, 5.41) is 1.30. The first-order chi connectivity index (χ1) is 13.3. The van der Waals surface area contributed by atoms with Crippen molar-refractivity contribution in [1.82, 2.24) is 9.88 Å². The van der Waals surface area contributed by atoms with Gasteiger partial charge in [0, 0.05) is 17.1 Å². The van der Waals surface area contributed by atoms with Gasteiger partial charge in [-0.25, -0.2) is 0 Å². The van der Waals surface area contributed by atoms with E-state index >= 15 is 0 Å². The molecule has 4 heteroatoms. The van der Waals surface area contributed by atoms with Crippen molar-refractivity contribution in [2.75, 3.05) is 26.7 Å². The number of nitrogens with one attached hydrogen (secondary N) is 1. The first-order valence-electron chi connectivity index (χ1n) is 10.2. The number of aromatic nitrogens is 1. The molecule has 0 spiro atoms. The Balaban J connectivity index is 0.00000225. The van der Waals surface area contributed by atoms with Crippen LogP contribution in [0.4, 0.5) is 0 Å². The molecule has 0 amide bonds. The molecule has 0 radical (unpaired) electrons. The molecule has 0 aliphatic carbocycles. The van der Waals surface area contributed by atoms with Crippen LogP contribution in [0.15, 0.2) is 54.7 Å². The van der Waals surface area contributed by atoms with Crippen LogP contribution in [0, 0.1) is 0 Å². The Bertz CT molecular complexity index is 853. The van der Waals surface area contributed by atoms with E-state index in [1.807, 2.05) is 6.07 Å². The normalized spacial score (nSPS) is 15.5. The lowest BCUT2D eigenvalue weighted by molar-refractivity contribution is 0.209. The van der Waals surface area contributed by atoms with Gasteiger partial charge in [0.2, 0.25) is 0 Å². The average molecular weight is 399 g/mol. The number of nitrogens with zero attached hydrogens (tertiary/aromatic N) is 1. The number of H-pyrrole nitrogens is 1. The third-order valence-electron chi connectivity index (χ3n) is 6.00. The summed E-state index contributed by atoms with van der Waals surface area (Å²) in [6.45, 7) is 3.71. The van der Waals surface area contributed by atoms with Crippen LogP contribution in [0.1, 0.15) is 42.7 Å². The molecule has 4 rings (SSSR count). The molecular formula is C24H31ClN2O. The number of halogens is 1. The quantitative estimate of drug-likeness (QED) is 0.509. The number of ether oxygens (including phenoxy) is 1. The monoisotopic (exact) mass is 398 g/mol. The van der Waals surface area contributed by atoms with Crippen molar-refractivity contribution in [3.8, 4) is 5.75 Å². The number of benzene rings is 2. The summed E-state index contributed by atoms with van der Waals surface area (Å²) < 4.78 is 5.37. The number of fused-ring (bicyclic) bond motifs is 1. The number of likely N-dealkylation sites (tertiary alicyclic amines) is 1. The van der Waals surface area contributed by atoms with Crippen molar-refractivity contribution in [3.63, 3.8) is 0 Å². The lowest BCUT2D eigenvalue weighted by atomic mass is 9.89. The molecule has 3 nitrogen and oxygen atoms in total. The lowest BCUT2D eigenvalue weighted by Crippen LogP contribution is -2.33. The van der Waals surface area contributed by atoms with E-state index in [9.17, 15) is 0 Å². The Morgan fingerprint density at radius 2 is 1.82 bits per heavy atom. The molecule has 1 saturated heterocycles. The van der Waals surface area contributed by atoms with E-state index in [0.29, 0.717) is 0 Å². The van der Waals surface area contributed by atoms with Gasteiger partial charge in [0.15, 0.2) is 0 Å². The second kappa shape index (κ2) is 9.99. The van der Waals surface area contributed by atoms with Crippen molar-refractivity contribution >= 4 is 23.3 Å². The van der Waals surface area contributed by atoms with Crippen molar-refractivity contribution in [2.45, 2.75) is 38.0 Å². The van der Waals surface area contributed by atoms with Crippen molar-refractivity contribution in [3.05, 3.63) is 65.9 Å². The van der Waals surface area contributed by atoms with Crippen LogP contribution in [0.25, 0.3) is 10.9 Å². The topological polar surface area (TPSA) is 28.3 Å². The van der Waals surface area contributed by atoms with Gasteiger partial charge in [-0.1, -0.05) is 30.3 Å². The maximum atomic E-state index is 5.37. The Kier molecular flexibility index (Phi) is 7.41. The van der Waals surface area contributed by atoms with E-state index in [4.69, 9.17) is 4.74 Å². The van der Waals surface area contributed by atoms with Crippen molar-refractivity contribution in [1.29, 1.82) is 0 Å². The molecule has 1 aliphatic rings. The second-order valence-electron chi connectivity index (χ2n) is 7.71. The SMILES string of the molecule is COc1ccc2[nH]cc(CCCCN3CCC(c4ccccc4)CC3)c2c1.Cl. The fraction of sp³-hybridized carbons (Fsp3) is 0.417. The zero-order valence-corrected chi connectivity index (χ0v) is 17.5. The van der Waals surface area contributed by atoms with E-state index in [-0.39, 0.29) is 12.4 Å². The van der Waals surface area contributed by atoms with Crippen LogP contribution >= 0.6 is 12.4 Å². The van der Waals surface area contributed by atoms with Gasteiger partial charge in [-0.3, -0.25) is 0 Å². The zero-order valence-electron chi connectivity index (χ0n) is 16.7. The summed E-state index contributed by atoms with van der Waals surface area (Å²) in [5.41, 5.74) is 4.13. The number of unbranched alkanes of at least 4 members (excludes halogenated alkanes) is 1. The minimum atomic E-state index is 0. The highest BCUT2D eigenvalue weighted by Gasteiger charge is 2.19. The Hall–Kier alpha value is -1.97. The Morgan fingerprint density at radius 1 is 1.04 bits per heavy atom. The van der Waals surface area contributed by atoms with Crippen LogP contribution in [0.2, 0.25) is 0 Å². The molecule has 1 fully saturated rings. The number of piperidine rings is 1. The number of aryl methyl sites for hydroxylation is 1. The number of hydrogen-bond donors (Lipinski definition) is 1. The van der Waals surface area contributed by atoms with Gasteiger partial charge in [0.1, 0.15) is 5.75 Å². The van der Waals surface area contributed by atoms with E-state index in [0.717, 1.165) is 18.1 Å². The number of methoxy groups -OCH3 is 1. The summed E-state index contributed by atoms with van der Waals surface area (Å²) in [7, 11) is 1.73. The Morgan fingerprint density at radius 3 is 2.57 bits per heavy atom. The summed E-state index contributed by atoms with van der Waals surface area (Å²) in [5.74, 6) is 1.69. The number of rotatable bonds is 7. The van der Waals surface area contributed by atoms with Gasteiger partial charge in [-0.2, -0.15) is 0 Å². The molecule has 1 aliphatic heterocycles. The van der Waals surface area contributed by atoms with Gasteiger partial charge >= 0.3 is 0 Å². The molecule has 0 bridgehead atoms. The number of hydrogen-bond acceptors (Lipinski definition) is 2. The van der Waals surface area contributed by atoms with Crippen LogP contribution in [-0.2, 0) is 6.42 Å². The van der Waals surface area contributed by atoms with Gasteiger partial charge < -0.3 is 14.6 Å². The second-order valence-corrected chi connectivity index (χ2v) is 7.71. The van der Waals surface area contributed by atoms with E-state index in [1.165, 1.54) is 67.3 Å². The van der Waals surface area contributed by atoms with Gasteiger partial charge in [-0.05, 0) is 87.0 Å². The summed E-state index contributed by atoms with van der Waals surface area (Å²) in [6.07, 6.45) is 8.40. The van der Waals surface area contributed by atoms with E-state index in [2.05, 4.69) is 58.5 Å². The Labute approximate surface area is 174 Å². The highest BCUT2D eigenvalue weighted by atomic mass is 35.5. The first-order valence-corrected chi connectivity index (χ1v) is 10.2. The van der Waals surface area contributed by atoms with Crippen LogP contribution < -0.4 is 4.74 Å². The van der Waals surface area contributed by atoms with Crippen LogP contribution in [-0.4, -0.2) is 36.6 Å². The average Bonchev–Trinajstić information content (AvgIpc) is 3.14. The molecule has 150 valence electrons.